The summed E-state index contributed by atoms with van der Waals surface area (Å²) in [6.07, 6.45) is 2.52. The smallest absolute Gasteiger partial charge is 0.0718 e. The number of likely N-dealkylation sites (tertiary alicyclic amines) is 1. The molecule has 0 amide bonds. The third-order valence-electron chi connectivity index (χ3n) is 2.65. The third kappa shape index (κ3) is 2.46. The first kappa shape index (κ1) is 10.0. The van der Waals surface area contributed by atoms with Crippen molar-refractivity contribution in [1.29, 1.82) is 0 Å². The van der Waals surface area contributed by atoms with Crippen molar-refractivity contribution < 1.29 is 5.11 Å². The van der Waals surface area contributed by atoms with Crippen molar-refractivity contribution in [3.63, 3.8) is 0 Å². The van der Waals surface area contributed by atoms with Gasteiger partial charge in [-0.1, -0.05) is 0 Å². The maximum absolute atomic E-state index is 9.67. The van der Waals surface area contributed by atoms with E-state index in [1.54, 1.807) is 0 Å². The fourth-order valence-corrected chi connectivity index (χ4v) is 1.92. The Labute approximate surface area is 75.6 Å². The summed E-state index contributed by atoms with van der Waals surface area (Å²) in [5, 5.41) is 9.67. The number of β-amino-alcohol motifs (C(OH)–C–C–N with tert-alkyl or cyclic N) is 1. The molecule has 1 rings (SSSR count). The molecule has 1 saturated heterocycles. The van der Waals surface area contributed by atoms with Crippen LogP contribution in [-0.4, -0.2) is 34.2 Å². The summed E-state index contributed by atoms with van der Waals surface area (Å²) in [6, 6.07) is 0. The molecule has 1 fully saturated rings. The Morgan fingerprint density at radius 3 is 2.33 bits per heavy atom. The van der Waals surface area contributed by atoms with Crippen LogP contribution in [0.15, 0.2) is 0 Å². The number of hydrogen-bond acceptors (Lipinski definition) is 2. The van der Waals surface area contributed by atoms with Gasteiger partial charge in [0.15, 0.2) is 0 Å². The lowest BCUT2D eigenvalue weighted by Gasteiger charge is -2.35. The normalized spacial score (nSPS) is 24.8. The predicted octanol–water partition coefficient (Wildman–Crippen LogP) is 1.63. The highest BCUT2D eigenvalue weighted by atomic mass is 16.3. The van der Waals surface area contributed by atoms with Crippen LogP contribution in [0.25, 0.3) is 0 Å². The van der Waals surface area contributed by atoms with Crippen LogP contribution in [0.2, 0.25) is 0 Å². The third-order valence-corrected chi connectivity index (χ3v) is 2.65. The van der Waals surface area contributed by atoms with E-state index < -0.39 is 5.60 Å². The van der Waals surface area contributed by atoms with E-state index in [0.717, 1.165) is 13.1 Å². The van der Waals surface area contributed by atoms with Gasteiger partial charge < -0.3 is 5.11 Å². The Hall–Kier alpha value is -0.0800. The molecule has 0 aromatic heterocycles. The van der Waals surface area contributed by atoms with E-state index in [2.05, 4.69) is 18.7 Å². The quantitative estimate of drug-likeness (QED) is 0.682. The van der Waals surface area contributed by atoms with Gasteiger partial charge in [-0.25, -0.2) is 0 Å². The molecule has 0 bridgehead atoms. The van der Waals surface area contributed by atoms with Gasteiger partial charge in [0.05, 0.1) is 5.60 Å². The van der Waals surface area contributed by atoms with Crippen LogP contribution < -0.4 is 0 Å². The summed E-state index contributed by atoms with van der Waals surface area (Å²) < 4.78 is 0. The number of nitrogens with zero attached hydrogens (tertiary/aromatic N) is 1. The zero-order valence-corrected chi connectivity index (χ0v) is 8.72. The van der Waals surface area contributed by atoms with Gasteiger partial charge in [0.25, 0.3) is 0 Å². The van der Waals surface area contributed by atoms with Gasteiger partial charge in [-0.3, -0.25) is 4.90 Å². The summed E-state index contributed by atoms with van der Waals surface area (Å²) in [6.45, 7) is 10.2. The van der Waals surface area contributed by atoms with Crippen LogP contribution in [0, 0.1) is 0 Å². The molecule has 0 radical (unpaired) electrons. The second-order valence-corrected chi connectivity index (χ2v) is 5.15. The SMILES string of the molecule is CC(C)(O)CN1CCCC1(C)C. The van der Waals surface area contributed by atoms with Crippen LogP contribution in [0.1, 0.15) is 40.5 Å². The van der Waals surface area contributed by atoms with Crippen LogP contribution in [0.4, 0.5) is 0 Å². The van der Waals surface area contributed by atoms with Crippen molar-refractivity contribution in [3.05, 3.63) is 0 Å². The molecule has 12 heavy (non-hydrogen) atoms. The molecule has 0 aliphatic carbocycles. The molecule has 0 saturated carbocycles. The maximum atomic E-state index is 9.67. The second-order valence-electron chi connectivity index (χ2n) is 5.15. The van der Waals surface area contributed by atoms with Crippen molar-refractivity contribution in [2.45, 2.75) is 51.7 Å². The molecule has 1 N–H and O–H groups in total. The van der Waals surface area contributed by atoms with Gasteiger partial charge in [-0.05, 0) is 47.1 Å². The minimum atomic E-state index is -0.554. The Kier molecular flexibility index (Phi) is 2.50. The van der Waals surface area contributed by atoms with E-state index in [1.807, 2.05) is 13.8 Å². The van der Waals surface area contributed by atoms with E-state index in [9.17, 15) is 5.11 Å². The highest BCUT2D eigenvalue weighted by Crippen LogP contribution is 2.29. The Morgan fingerprint density at radius 1 is 1.42 bits per heavy atom. The van der Waals surface area contributed by atoms with Gasteiger partial charge in [0.2, 0.25) is 0 Å². The molecule has 0 aromatic carbocycles. The predicted molar refractivity (Wildman–Crippen MR) is 51.2 cm³/mol. The van der Waals surface area contributed by atoms with Gasteiger partial charge >= 0.3 is 0 Å². The molecule has 72 valence electrons. The summed E-state index contributed by atoms with van der Waals surface area (Å²) in [5.41, 5.74) is -0.262. The van der Waals surface area contributed by atoms with E-state index in [0.29, 0.717) is 5.54 Å². The Bertz CT molecular complexity index is 158. The van der Waals surface area contributed by atoms with E-state index >= 15 is 0 Å². The van der Waals surface area contributed by atoms with Crippen LogP contribution in [0.5, 0.6) is 0 Å². The zero-order valence-electron chi connectivity index (χ0n) is 8.72. The van der Waals surface area contributed by atoms with Crippen molar-refractivity contribution in [2.24, 2.45) is 0 Å². The minimum absolute atomic E-state index is 0.292. The van der Waals surface area contributed by atoms with Gasteiger partial charge in [-0.2, -0.15) is 0 Å². The number of hydrogen-bond donors (Lipinski definition) is 1. The van der Waals surface area contributed by atoms with E-state index in [-0.39, 0.29) is 0 Å². The lowest BCUT2D eigenvalue weighted by Crippen LogP contribution is -2.46. The highest BCUT2D eigenvalue weighted by Gasteiger charge is 2.34. The molecule has 0 unspecified atom stereocenters. The molecular formula is C10H21NO. The van der Waals surface area contributed by atoms with Crippen LogP contribution in [0.3, 0.4) is 0 Å². The molecule has 1 aliphatic rings. The molecule has 1 heterocycles. The van der Waals surface area contributed by atoms with E-state index in [1.165, 1.54) is 12.8 Å². The van der Waals surface area contributed by atoms with Crippen LogP contribution >= 0.6 is 0 Å². The minimum Gasteiger partial charge on any atom is -0.389 e. The van der Waals surface area contributed by atoms with Crippen molar-refractivity contribution >= 4 is 0 Å². The average molecular weight is 171 g/mol. The van der Waals surface area contributed by atoms with Crippen LogP contribution in [-0.2, 0) is 0 Å². The molecule has 2 nitrogen and oxygen atoms in total. The number of aliphatic hydroxyl groups is 1. The first-order valence-electron chi connectivity index (χ1n) is 4.79. The lowest BCUT2D eigenvalue weighted by molar-refractivity contribution is 0.0155. The summed E-state index contributed by atoms with van der Waals surface area (Å²) in [5.74, 6) is 0. The molecule has 0 aromatic rings. The monoisotopic (exact) mass is 171 g/mol. The number of rotatable bonds is 2. The Morgan fingerprint density at radius 2 is 2.00 bits per heavy atom. The largest absolute Gasteiger partial charge is 0.389 e. The summed E-state index contributed by atoms with van der Waals surface area (Å²) >= 11 is 0. The lowest BCUT2D eigenvalue weighted by atomic mass is 10.0. The van der Waals surface area contributed by atoms with Gasteiger partial charge in [0.1, 0.15) is 0 Å². The van der Waals surface area contributed by atoms with Crippen molar-refractivity contribution in [1.82, 2.24) is 4.90 Å². The van der Waals surface area contributed by atoms with Crippen molar-refractivity contribution in [3.8, 4) is 0 Å². The fourth-order valence-electron chi connectivity index (χ4n) is 1.92. The first-order chi connectivity index (χ1) is 5.31. The average Bonchev–Trinajstić information content (AvgIpc) is 2.07. The first-order valence-corrected chi connectivity index (χ1v) is 4.79. The topological polar surface area (TPSA) is 23.5 Å². The zero-order chi connectivity index (χ0) is 9.41. The van der Waals surface area contributed by atoms with Gasteiger partial charge in [0, 0.05) is 12.1 Å². The standard InChI is InChI=1S/C10H21NO/c1-9(2)6-5-7-11(9)8-10(3,4)12/h12H,5-8H2,1-4H3. The van der Waals surface area contributed by atoms with Gasteiger partial charge in [-0.15, -0.1) is 0 Å². The van der Waals surface area contributed by atoms with E-state index in [4.69, 9.17) is 0 Å². The summed E-state index contributed by atoms with van der Waals surface area (Å²) in [4.78, 5) is 2.38. The fraction of sp³-hybridized carbons (Fsp3) is 1.00. The maximum Gasteiger partial charge on any atom is 0.0718 e. The molecule has 1 aliphatic heterocycles. The molecule has 2 heteroatoms. The highest BCUT2D eigenvalue weighted by molar-refractivity contribution is 4.90. The molecular weight excluding hydrogens is 150 g/mol. The van der Waals surface area contributed by atoms with Crippen molar-refractivity contribution in [2.75, 3.05) is 13.1 Å². The second kappa shape index (κ2) is 3.00. The summed E-state index contributed by atoms with van der Waals surface area (Å²) in [7, 11) is 0. The molecule has 0 spiro atoms. The molecule has 0 atom stereocenters. The Balaban J connectivity index is 2.53.